The molecule has 7 heteroatoms. The first-order valence-electron chi connectivity index (χ1n) is 5.31. The number of benzene rings is 1. The lowest BCUT2D eigenvalue weighted by Gasteiger charge is -2.11. The molecule has 1 aromatic rings. The Morgan fingerprint density at radius 2 is 2.11 bits per heavy atom. The van der Waals surface area contributed by atoms with Crippen molar-refractivity contribution in [3.05, 3.63) is 23.8 Å². The molecule has 3 N–H and O–H groups in total. The van der Waals surface area contributed by atoms with Crippen molar-refractivity contribution in [2.75, 3.05) is 32.9 Å². The van der Waals surface area contributed by atoms with Crippen molar-refractivity contribution in [2.45, 2.75) is 4.90 Å². The fraction of sp³-hybridized carbons (Fsp3) is 0.364. The van der Waals surface area contributed by atoms with Crippen LogP contribution in [-0.4, -0.2) is 40.5 Å². The summed E-state index contributed by atoms with van der Waals surface area (Å²) in [4.78, 5) is 1.81. The zero-order valence-electron chi connectivity index (χ0n) is 10.3. The molecule has 0 radical (unpaired) electrons. The van der Waals surface area contributed by atoms with Crippen LogP contribution in [0, 0.1) is 11.3 Å². The molecule has 0 heterocycles. The van der Waals surface area contributed by atoms with Crippen LogP contribution in [0.5, 0.6) is 0 Å². The van der Waals surface area contributed by atoms with Crippen LogP contribution in [0.4, 0.5) is 5.69 Å². The molecule has 0 saturated carbocycles. The molecule has 98 valence electrons. The second kappa shape index (κ2) is 5.82. The van der Waals surface area contributed by atoms with Crippen molar-refractivity contribution in [1.29, 1.82) is 5.26 Å². The van der Waals surface area contributed by atoms with E-state index in [1.165, 1.54) is 18.2 Å². The standard InChI is InChI=1S/C11H16N4O2S/c1-15(2)6-5-14-18(16,17)11-4-3-10(13)7-9(11)8-12/h3-4,7,14H,5-6,13H2,1-2H3. The Morgan fingerprint density at radius 3 is 2.67 bits per heavy atom. The number of hydrogen-bond acceptors (Lipinski definition) is 5. The fourth-order valence-electron chi connectivity index (χ4n) is 1.35. The lowest BCUT2D eigenvalue weighted by Crippen LogP contribution is -2.31. The van der Waals surface area contributed by atoms with E-state index >= 15 is 0 Å². The lowest BCUT2D eigenvalue weighted by molar-refractivity contribution is 0.412. The first kappa shape index (κ1) is 14.4. The quantitative estimate of drug-likeness (QED) is 0.731. The van der Waals surface area contributed by atoms with Gasteiger partial charge in [0.25, 0.3) is 0 Å². The highest BCUT2D eigenvalue weighted by Gasteiger charge is 2.18. The largest absolute Gasteiger partial charge is 0.399 e. The van der Waals surface area contributed by atoms with Crippen LogP contribution < -0.4 is 10.5 Å². The van der Waals surface area contributed by atoms with Crippen LogP contribution in [0.1, 0.15) is 5.56 Å². The number of hydrogen-bond donors (Lipinski definition) is 2. The van der Waals surface area contributed by atoms with Gasteiger partial charge in [0.05, 0.1) is 10.5 Å². The normalized spacial score (nSPS) is 11.4. The number of nitrogens with one attached hydrogen (secondary N) is 1. The van der Waals surface area contributed by atoms with Crippen LogP contribution in [0.2, 0.25) is 0 Å². The molecule has 0 unspecified atom stereocenters. The summed E-state index contributed by atoms with van der Waals surface area (Å²) in [6, 6.07) is 5.98. The minimum atomic E-state index is -3.67. The van der Waals surface area contributed by atoms with Gasteiger partial charge >= 0.3 is 0 Å². The molecule has 0 atom stereocenters. The summed E-state index contributed by atoms with van der Waals surface area (Å²) >= 11 is 0. The molecule has 0 aliphatic heterocycles. The second-order valence-corrected chi connectivity index (χ2v) is 5.80. The number of anilines is 1. The van der Waals surface area contributed by atoms with Gasteiger partial charge in [0.2, 0.25) is 10.0 Å². The van der Waals surface area contributed by atoms with E-state index in [1.807, 2.05) is 25.1 Å². The summed E-state index contributed by atoms with van der Waals surface area (Å²) < 4.78 is 26.4. The molecule has 18 heavy (non-hydrogen) atoms. The van der Waals surface area contributed by atoms with Crippen LogP contribution in [-0.2, 0) is 10.0 Å². The van der Waals surface area contributed by atoms with Crippen LogP contribution in [0.15, 0.2) is 23.1 Å². The van der Waals surface area contributed by atoms with E-state index in [1.54, 1.807) is 0 Å². The van der Waals surface area contributed by atoms with Gasteiger partial charge in [-0.3, -0.25) is 0 Å². The minimum Gasteiger partial charge on any atom is -0.399 e. The van der Waals surface area contributed by atoms with Crippen LogP contribution in [0.3, 0.4) is 0 Å². The van der Waals surface area contributed by atoms with Gasteiger partial charge in [-0.15, -0.1) is 0 Å². The van der Waals surface area contributed by atoms with Gasteiger partial charge in [0.15, 0.2) is 0 Å². The number of likely N-dealkylation sites (N-methyl/N-ethyl adjacent to an activating group) is 1. The monoisotopic (exact) mass is 268 g/mol. The number of nitrogens with two attached hydrogens (primary N) is 1. The van der Waals surface area contributed by atoms with E-state index in [0.29, 0.717) is 12.2 Å². The summed E-state index contributed by atoms with van der Waals surface area (Å²) in [5.41, 5.74) is 5.92. The number of nitrogens with zero attached hydrogens (tertiary/aromatic N) is 2. The molecule has 0 fully saturated rings. The zero-order valence-corrected chi connectivity index (χ0v) is 11.2. The van der Waals surface area contributed by atoms with Gasteiger partial charge in [-0.1, -0.05) is 0 Å². The average Bonchev–Trinajstić information content (AvgIpc) is 2.27. The van der Waals surface area contributed by atoms with Gasteiger partial charge < -0.3 is 10.6 Å². The molecular weight excluding hydrogens is 252 g/mol. The van der Waals surface area contributed by atoms with E-state index in [-0.39, 0.29) is 17.0 Å². The Hall–Kier alpha value is -1.62. The maximum atomic E-state index is 12.0. The molecule has 6 nitrogen and oxygen atoms in total. The van der Waals surface area contributed by atoms with Crippen LogP contribution in [0.25, 0.3) is 0 Å². The SMILES string of the molecule is CN(C)CCNS(=O)(=O)c1ccc(N)cc1C#N. The second-order valence-electron chi connectivity index (χ2n) is 4.07. The van der Waals surface area contributed by atoms with E-state index in [0.717, 1.165) is 0 Å². The fourth-order valence-corrected chi connectivity index (χ4v) is 2.51. The lowest BCUT2D eigenvalue weighted by atomic mass is 10.2. The Balaban J connectivity index is 2.95. The third-order valence-corrected chi connectivity index (χ3v) is 3.78. The highest BCUT2D eigenvalue weighted by Crippen LogP contribution is 2.17. The van der Waals surface area contributed by atoms with E-state index in [2.05, 4.69) is 4.72 Å². The first-order chi connectivity index (χ1) is 8.36. The van der Waals surface area contributed by atoms with Crippen LogP contribution >= 0.6 is 0 Å². The summed E-state index contributed by atoms with van der Waals surface area (Å²) in [6.45, 7) is 0.862. The topological polar surface area (TPSA) is 99.2 Å². The summed E-state index contributed by atoms with van der Waals surface area (Å²) in [5, 5.41) is 8.91. The Labute approximate surface area is 107 Å². The average molecular weight is 268 g/mol. The first-order valence-corrected chi connectivity index (χ1v) is 6.79. The Morgan fingerprint density at radius 1 is 1.44 bits per heavy atom. The van der Waals surface area contributed by atoms with Gasteiger partial charge in [-0.2, -0.15) is 5.26 Å². The zero-order chi connectivity index (χ0) is 13.8. The smallest absolute Gasteiger partial charge is 0.241 e. The van der Waals surface area contributed by atoms with Crippen molar-refractivity contribution in [1.82, 2.24) is 9.62 Å². The molecule has 0 spiro atoms. The predicted molar refractivity (Wildman–Crippen MR) is 69.3 cm³/mol. The van der Waals surface area contributed by atoms with E-state index in [4.69, 9.17) is 11.0 Å². The highest BCUT2D eigenvalue weighted by molar-refractivity contribution is 7.89. The molecular formula is C11H16N4O2S. The minimum absolute atomic E-state index is 0.0436. The molecule has 0 aliphatic carbocycles. The summed E-state index contributed by atoms with van der Waals surface area (Å²) in [6.07, 6.45) is 0. The van der Waals surface area contributed by atoms with Crippen molar-refractivity contribution >= 4 is 15.7 Å². The maximum absolute atomic E-state index is 12.0. The maximum Gasteiger partial charge on any atom is 0.241 e. The number of rotatable bonds is 5. The van der Waals surface area contributed by atoms with Gasteiger partial charge in [-0.05, 0) is 32.3 Å². The molecule has 0 aromatic heterocycles. The molecule has 0 saturated heterocycles. The number of sulfonamides is 1. The number of nitrogen functional groups attached to an aromatic ring is 1. The number of nitriles is 1. The molecule has 1 rings (SSSR count). The van der Waals surface area contributed by atoms with Crippen molar-refractivity contribution in [2.24, 2.45) is 0 Å². The van der Waals surface area contributed by atoms with Crippen molar-refractivity contribution < 1.29 is 8.42 Å². The van der Waals surface area contributed by atoms with Gasteiger partial charge in [-0.25, -0.2) is 13.1 Å². The summed E-state index contributed by atoms with van der Waals surface area (Å²) in [7, 11) is 0.0207. The molecule has 0 bridgehead atoms. The third-order valence-electron chi connectivity index (χ3n) is 2.26. The van der Waals surface area contributed by atoms with Crippen molar-refractivity contribution in [3.63, 3.8) is 0 Å². The molecule has 0 aliphatic rings. The van der Waals surface area contributed by atoms with Crippen molar-refractivity contribution in [3.8, 4) is 6.07 Å². The molecule has 0 amide bonds. The van der Waals surface area contributed by atoms with Gasteiger partial charge in [0.1, 0.15) is 6.07 Å². The van der Waals surface area contributed by atoms with Gasteiger partial charge in [0, 0.05) is 18.8 Å². The highest BCUT2D eigenvalue weighted by atomic mass is 32.2. The molecule has 1 aromatic carbocycles. The van der Waals surface area contributed by atoms with E-state index in [9.17, 15) is 8.42 Å². The Bertz CT molecular complexity index is 561. The predicted octanol–water partition coefficient (Wildman–Crippen LogP) is -0.0196. The summed E-state index contributed by atoms with van der Waals surface area (Å²) in [5.74, 6) is 0. The van der Waals surface area contributed by atoms with E-state index < -0.39 is 10.0 Å². The Kier molecular flexibility index (Phi) is 4.67. The third kappa shape index (κ3) is 3.70.